The maximum atomic E-state index is 12.3. The van der Waals surface area contributed by atoms with E-state index in [1.165, 1.54) is 17.0 Å². The molecule has 0 aliphatic heterocycles. The van der Waals surface area contributed by atoms with Crippen molar-refractivity contribution in [1.29, 1.82) is 0 Å². The van der Waals surface area contributed by atoms with Gasteiger partial charge in [-0.3, -0.25) is 23.7 Å². The summed E-state index contributed by atoms with van der Waals surface area (Å²) >= 11 is 1.13. The molecule has 0 aliphatic carbocycles. The van der Waals surface area contributed by atoms with Crippen molar-refractivity contribution < 1.29 is 19.1 Å². The number of hydrogen-bond acceptors (Lipinski definition) is 7. The lowest BCUT2D eigenvalue weighted by atomic mass is 10.2. The van der Waals surface area contributed by atoms with Crippen LogP contribution in [0.3, 0.4) is 0 Å². The minimum absolute atomic E-state index is 0.0773. The third-order valence-corrected chi connectivity index (χ3v) is 4.67. The molecule has 0 atom stereocenters. The average Bonchev–Trinajstić information content (AvgIpc) is 3.14. The number of nitrogens with one attached hydrogen (secondary N) is 1. The van der Waals surface area contributed by atoms with Crippen LogP contribution in [0.4, 0.5) is 5.00 Å². The second kappa shape index (κ2) is 8.44. The largest absolute Gasteiger partial charge is 0.456 e. The standard InChI is InChI=1S/C18H16N4O5S/c19-16(25)12-6-8-28-17(12)21-14(23)9-27-15(24)5-7-22-10-20-13-4-2-1-3-11(13)18(22)26/h1-4,6,8,10H,5,7,9H2,(H2,19,25)(H,21,23). The molecular formula is C18H16N4O5S. The normalized spacial score (nSPS) is 10.6. The van der Waals surface area contributed by atoms with Crippen molar-refractivity contribution in [2.45, 2.75) is 13.0 Å². The number of carbonyl (C=O) groups excluding carboxylic acids is 3. The lowest BCUT2D eigenvalue weighted by molar-refractivity contribution is -0.147. The van der Waals surface area contributed by atoms with Crippen molar-refractivity contribution in [2.24, 2.45) is 5.73 Å². The minimum Gasteiger partial charge on any atom is -0.456 e. The van der Waals surface area contributed by atoms with Crippen molar-refractivity contribution in [1.82, 2.24) is 9.55 Å². The monoisotopic (exact) mass is 400 g/mol. The molecular weight excluding hydrogens is 384 g/mol. The number of aryl methyl sites for hydroxylation is 1. The molecule has 3 aromatic rings. The van der Waals surface area contributed by atoms with Crippen LogP contribution in [-0.2, 0) is 20.9 Å². The second-order valence-corrected chi connectivity index (χ2v) is 6.66. The third-order valence-electron chi connectivity index (χ3n) is 3.84. The molecule has 0 saturated carbocycles. The molecule has 2 aromatic heterocycles. The first kappa shape index (κ1) is 19.2. The third kappa shape index (κ3) is 4.41. The number of nitrogens with zero attached hydrogens (tertiary/aromatic N) is 2. The number of thiophene rings is 1. The highest BCUT2D eigenvalue weighted by Gasteiger charge is 2.14. The van der Waals surface area contributed by atoms with Crippen molar-refractivity contribution in [2.75, 3.05) is 11.9 Å². The van der Waals surface area contributed by atoms with Crippen LogP contribution in [-0.4, -0.2) is 33.9 Å². The SMILES string of the molecule is NC(=O)c1ccsc1NC(=O)COC(=O)CCn1cnc2ccccc2c1=O. The molecule has 0 spiro atoms. The van der Waals surface area contributed by atoms with Gasteiger partial charge in [-0.15, -0.1) is 11.3 Å². The summed E-state index contributed by atoms with van der Waals surface area (Å²) in [4.78, 5) is 51.5. The quantitative estimate of drug-likeness (QED) is 0.571. The molecule has 9 nitrogen and oxygen atoms in total. The molecule has 0 saturated heterocycles. The van der Waals surface area contributed by atoms with E-state index in [0.717, 1.165) is 11.3 Å². The van der Waals surface area contributed by atoms with Gasteiger partial charge in [0.05, 0.1) is 29.2 Å². The number of rotatable bonds is 7. The molecule has 0 aliphatic rings. The predicted molar refractivity (Wildman–Crippen MR) is 103 cm³/mol. The molecule has 0 unspecified atom stereocenters. The molecule has 144 valence electrons. The maximum Gasteiger partial charge on any atom is 0.308 e. The summed E-state index contributed by atoms with van der Waals surface area (Å²) in [6, 6.07) is 8.40. The van der Waals surface area contributed by atoms with Crippen LogP contribution in [0.2, 0.25) is 0 Å². The van der Waals surface area contributed by atoms with Gasteiger partial charge in [-0.1, -0.05) is 12.1 Å². The summed E-state index contributed by atoms with van der Waals surface area (Å²) in [5, 5.41) is 4.83. The highest BCUT2D eigenvalue weighted by Crippen LogP contribution is 2.22. The van der Waals surface area contributed by atoms with E-state index < -0.39 is 24.4 Å². The molecule has 28 heavy (non-hydrogen) atoms. The molecule has 3 rings (SSSR count). The van der Waals surface area contributed by atoms with Gasteiger partial charge in [0.15, 0.2) is 6.61 Å². The first-order valence-electron chi connectivity index (χ1n) is 8.22. The highest BCUT2D eigenvalue weighted by atomic mass is 32.1. The first-order valence-corrected chi connectivity index (χ1v) is 9.10. The van der Waals surface area contributed by atoms with Gasteiger partial charge in [-0.25, -0.2) is 4.98 Å². The molecule has 0 radical (unpaired) electrons. The molecule has 10 heteroatoms. The van der Waals surface area contributed by atoms with Crippen molar-refractivity contribution in [3.8, 4) is 0 Å². The Morgan fingerprint density at radius 1 is 1.21 bits per heavy atom. The van der Waals surface area contributed by atoms with Gasteiger partial charge < -0.3 is 15.8 Å². The lowest BCUT2D eigenvalue weighted by Crippen LogP contribution is -2.25. The fourth-order valence-corrected chi connectivity index (χ4v) is 3.27. The minimum atomic E-state index is -0.664. The van der Waals surface area contributed by atoms with Crippen LogP contribution in [0, 0.1) is 0 Å². The van der Waals surface area contributed by atoms with Gasteiger partial charge >= 0.3 is 5.97 Å². The fraction of sp³-hybridized carbons (Fsp3) is 0.167. The Labute approximate surface area is 162 Å². The smallest absolute Gasteiger partial charge is 0.308 e. The number of hydrogen-bond donors (Lipinski definition) is 2. The van der Waals surface area contributed by atoms with Crippen LogP contribution in [0.5, 0.6) is 0 Å². The van der Waals surface area contributed by atoms with Gasteiger partial charge in [-0.05, 0) is 23.6 Å². The van der Waals surface area contributed by atoms with Crippen LogP contribution in [0.15, 0.2) is 46.8 Å². The van der Waals surface area contributed by atoms with E-state index in [1.807, 2.05) is 0 Å². The van der Waals surface area contributed by atoms with E-state index in [2.05, 4.69) is 10.3 Å². The Hall–Kier alpha value is -3.53. The van der Waals surface area contributed by atoms with Crippen LogP contribution in [0.1, 0.15) is 16.8 Å². The first-order chi connectivity index (χ1) is 13.5. The molecule has 1 aromatic carbocycles. The fourth-order valence-electron chi connectivity index (χ4n) is 2.46. The zero-order chi connectivity index (χ0) is 20.1. The zero-order valence-corrected chi connectivity index (χ0v) is 15.4. The number of esters is 1. The second-order valence-electron chi connectivity index (χ2n) is 5.75. The van der Waals surface area contributed by atoms with Crippen molar-refractivity contribution >= 4 is 45.0 Å². The van der Waals surface area contributed by atoms with Gasteiger partial charge in [0.1, 0.15) is 5.00 Å². The Morgan fingerprint density at radius 3 is 2.79 bits per heavy atom. The highest BCUT2D eigenvalue weighted by molar-refractivity contribution is 7.14. The van der Waals surface area contributed by atoms with E-state index in [-0.39, 0.29) is 24.1 Å². The zero-order valence-electron chi connectivity index (χ0n) is 14.6. The van der Waals surface area contributed by atoms with Gasteiger partial charge in [0, 0.05) is 6.54 Å². The topological polar surface area (TPSA) is 133 Å². The summed E-state index contributed by atoms with van der Waals surface area (Å²) in [5.41, 5.74) is 5.70. The van der Waals surface area contributed by atoms with Crippen LogP contribution >= 0.6 is 11.3 Å². The lowest BCUT2D eigenvalue weighted by Gasteiger charge is -2.08. The number of benzene rings is 1. The Kier molecular flexibility index (Phi) is 5.80. The number of para-hydroxylation sites is 1. The summed E-state index contributed by atoms with van der Waals surface area (Å²) in [6.45, 7) is -0.437. The average molecular weight is 400 g/mol. The molecule has 2 heterocycles. The van der Waals surface area contributed by atoms with E-state index >= 15 is 0 Å². The van der Waals surface area contributed by atoms with Crippen molar-refractivity contribution in [3.05, 3.63) is 58.0 Å². The number of fused-ring (bicyclic) bond motifs is 1. The Morgan fingerprint density at radius 2 is 2.00 bits per heavy atom. The Balaban J connectivity index is 1.51. The summed E-state index contributed by atoms with van der Waals surface area (Å²) in [7, 11) is 0. The summed E-state index contributed by atoms with van der Waals surface area (Å²) in [6.07, 6.45) is 1.27. The number of amides is 2. The van der Waals surface area contributed by atoms with Crippen molar-refractivity contribution in [3.63, 3.8) is 0 Å². The number of nitrogens with two attached hydrogens (primary N) is 1. The molecule has 3 N–H and O–H groups in total. The van der Waals surface area contributed by atoms with Gasteiger partial charge in [0.2, 0.25) is 0 Å². The number of ether oxygens (including phenoxy) is 1. The van der Waals surface area contributed by atoms with Crippen LogP contribution < -0.4 is 16.6 Å². The molecule has 0 fully saturated rings. The van der Waals surface area contributed by atoms with E-state index in [1.54, 1.807) is 29.6 Å². The molecule has 0 bridgehead atoms. The van der Waals surface area contributed by atoms with E-state index in [0.29, 0.717) is 15.9 Å². The van der Waals surface area contributed by atoms with Crippen LogP contribution in [0.25, 0.3) is 10.9 Å². The van der Waals surface area contributed by atoms with Gasteiger partial charge in [-0.2, -0.15) is 0 Å². The molecule has 2 amide bonds. The Bertz CT molecular complexity index is 1100. The predicted octanol–water partition coefficient (Wildman–Crippen LogP) is 1.13. The van der Waals surface area contributed by atoms with Gasteiger partial charge in [0.25, 0.3) is 17.4 Å². The summed E-state index contributed by atoms with van der Waals surface area (Å²) in [5.74, 6) is -1.90. The number of carbonyl (C=O) groups is 3. The van der Waals surface area contributed by atoms with E-state index in [4.69, 9.17) is 10.5 Å². The number of primary amides is 1. The summed E-state index contributed by atoms with van der Waals surface area (Å²) < 4.78 is 6.22. The number of aromatic nitrogens is 2. The number of anilines is 1. The van der Waals surface area contributed by atoms with E-state index in [9.17, 15) is 19.2 Å². The maximum absolute atomic E-state index is 12.3.